The highest BCUT2D eigenvalue weighted by Gasteiger charge is 2.19. The van der Waals surface area contributed by atoms with Crippen LogP contribution in [0.1, 0.15) is 46.0 Å². The first-order valence-electron chi connectivity index (χ1n) is 5.73. The predicted octanol–water partition coefficient (Wildman–Crippen LogP) is 1.99. The van der Waals surface area contributed by atoms with Gasteiger partial charge in [-0.2, -0.15) is 0 Å². The fourth-order valence-corrected chi connectivity index (χ4v) is 2.35. The lowest BCUT2D eigenvalue weighted by atomic mass is 9.94. The first kappa shape index (κ1) is 11.0. The van der Waals surface area contributed by atoms with E-state index in [0.717, 1.165) is 19.1 Å². The molecular weight excluding hydrogens is 160 g/mol. The van der Waals surface area contributed by atoms with Crippen LogP contribution < -0.4 is 5.73 Å². The van der Waals surface area contributed by atoms with E-state index in [9.17, 15) is 0 Å². The molecule has 0 heterocycles. The number of rotatable bonds is 4. The second-order valence-electron chi connectivity index (χ2n) is 4.36. The summed E-state index contributed by atoms with van der Waals surface area (Å²) >= 11 is 0. The number of hydrogen-bond acceptors (Lipinski definition) is 2. The number of hydrogen-bond donors (Lipinski definition) is 1. The highest BCUT2D eigenvalue weighted by Crippen LogP contribution is 2.22. The molecule has 0 spiro atoms. The largest absolute Gasteiger partial charge is 0.327 e. The normalized spacial score (nSPS) is 22.2. The van der Waals surface area contributed by atoms with Crippen LogP contribution in [0, 0.1) is 0 Å². The van der Waals surface area contributed by atoms with Crippen molar-refractivity contribution in [3.05, 3.63) is 0 Å². The molecule has 0 radical (unpaired) electrons. The Morgan fingerprint density at radius 2 is 1.92 bits per heavy atom. The van der Waals surface area contributed by atoms with Gasteiger partial charge in [-0.05, 0) is 26.3 Å². The molecule has 1 aliphatic rings. The molecule has 1 rings (SSSR count). The van der Waals surface area contributed by atoms with Crippen LogP contribution in [-0.4, -0.2) is 30.1 Å². The molecule has 0 aromatic rings. The van der Waals surface area contributed by atoms with E-state index in [2.05, 4.69) is 18.7 Å². The Kier molecular flexibility index (Phi) is 4.74. The highest BCUT2D eigenvalue weighted by atomic mass is 15.2. The Bertz CT molecular complexity index is 128. The Balaban J connectivity index is 2.34. The molecule has 0 saturated heterocycles. The van der Waals surface area contributed by atoms with Gasteiger partial charge in [0.05, 0.1) is 0 Å². The van der Waals surface area contributed by atoms with Gasteiger partial charge < -0.3 is 5.73 Å². The van der Waals surface area contributed by atoms with Gasteiger partial charge in [0.2, 0.25) is 0 Å². The zero-order valence-electron chi connectivity index (χ0n) is 9.13. The number of nitrogens with zero attached hydrogens (tertiary/aromatic N) is 1. The second-order valence-corrected chi connectivity index (χ2v) is 4.36. The molecule has 13 heavy (non-hydrogen) atoms. The molecule has 0 aromatic heterocycles. The van der Waals surface area contributed by atoms with E-state index in [0.29, 0.717) is 6.04 Å². The minimum absolute atomic E-state index is 0.321. The Morgan fingerprint density at radius 1 is 1.31 bits per heavy atom. The van der Waals surface area contributed by atoms with Crippen molar-refractivity contribution in [2.75, 3.05) is 13.1 Å². The van der Waals surface area contributed by atoms with Crippen LogP contribution in [0.25, 0.3) is 0 Å². The summed E-state index contributed by atoms with van der Waals surface area (Å²) in [5.74, 6) is 0. The second kappa shape index (κ2) is 5.61. The summed E-state index contributed by atoms with van der Waals surface area (Å²) < 4.78 is 0. The molecule has 78 valence electrons. The van der Waals surface area contributed by atoms with Gasteiger partial charge in [-0.1, -0.05) is 26.2 Å². The third-order valence-corrected chi connectivity index (χ3v) is 3.02. The lowest BCUT2D eigenvalue weighted by Crippen LogP contribution is -2.43. The maximum Gasteiger partial charge on any atom is 0.0139 e. The summed E-state index contributed by atoms with van der Waals surface area (Å²) in [5, 5.41) is 0. The van der Waals surface area contributed by atoms with Crippen molar-refractivity contribution in [1.29, 1.82) is 0 Å². The van der Waals surface area contributed by atoms with E-state index < -0.39 is 0 Å². The van der Waals surface area contributed by atoms with Crippen LogP contribution in [0.15, 0.2) is 0 Å². The molecule has 0 aliphatic heterocycles. The van der Waals surface area contributed by atoms with Crippen LogP contribution in [-0.2, 0) is 0 Å². The fraction of sp³-hybridized carbons (Fsp3) is 1.00. The van der Waals surface area contributed by atoms with Gasteiger partial charge in [0.25, 0.3) is 0 Å². The zero-order valence-corrected chi connectivity index (χ0v) is 9.13. The van der Waals surface area contributed by atoms with Gasteiger partial charge in [0.15, 0.2) is 0 Å². The van der Waals surface area contributed by atoms with Crippen molar-refractivity contribution in [3.63, 3.8) is 0 Å². The smallest absolute Gasteiger partial charge is 0.0139 e. The average molecular weight is 184 g/mol. The summed E-state index contributed by atoms with van der Waals surface area (Å²) in [5.41, 5.74) is 5.83. The minimum atomic E-state index is 0.321. The average Bonchev–Trinajstić information content (AvgIpc) is 2.15. The summed E-state index contributed by atoms with van der Waals surface area (Å²) in [7, 11) is 0. The third-order valence-electron chi connectivity index (χ3n) is 3.02. The molecule has 1 saturated carbocycles. The highest BCUT2D eigenvalue weighted by molar-refractivity contribution is 4.76. The summed E-state index contributed by atoms with van der Waals surface area (Å²) in [6.07, 6.45) is 7.05. The van der Waals surface area contributed by atoms with Crippen molar-refractivity contribution in [2.45, 2.75) is 58.0 Å². The molecule has 1 fully saturated rings. The molecule has 0 amide bonds. The van der Waals surface area contributed by atoms with Crippen molar-refractivity contribution in [1.82, 2.24) is 4.90 Å². The zero-order chi connectivity index (χ0) is 9.68. The van der Waals surface area contributed by atoms with E-state index in [-0.39, 0.29) is 0 Å². The van der Waals surface area contributed by atoms with Crippen LogP contribution in [0.5, 0.6) is 0 Å². The standard InChI is InChI=1S/C11H24N2/c1-3-13(9-10(2)12)11-7-5-4-6-8-11/h10-11H,3-9,12H2,1-2H3. The van der Waals surface area contributed by atoms with Crippen LogP contribution in [0.4, 0.5) is 0 Å². The van der Waals surface area contributed by atoms with Crippen LogP contribution in [0.2, 0.25) is 0 Å². The lowest BCUT2D eigenvalue weighted by molar-refractivity contribution is 0.157. The maximum atomic E-state index is 5.83. The van der Waals surface area contributed by atoms with Crippen molar-refractivity contribution < 1.29 is 0 Å². The molecule has 1 atom stereocenters. The molecule has 0 bridgehead atoms. The van der Waals surface area contributed by atoms with E-state index in [4.69, 9.17) is 5.73 Å². The van der Waals surface area contributed by atoms with Gasteiger partial charge in [-0.25, -0.2) is 0 Å². The Morgan fingerprint density at radius 3 is 2.38 bits per heavy atom. The van der Waals surface area contributed by atoms with E-state index in [1.807, 2.05) is 0 Å². The van der Waals surface area contributed by atoms with Crippen molar-refractivity contribution in [3.8, 4) is 0 Å². The predicted molar refractivity (Wildman–Crippen MR) is 57.8 cm³/mol. The molecular formula is C11H24N2. The molecule has 1 unspecified atom stereocenters. The number of nitrogens with two attached hydrogens (primary N) is 1. The van der Waals surface area contributed by atoms with Gasteiger partial charge in [0.1, 0.15) is 0 Å². The van der Waals surface area contributed by atoms with E-state index in [1.54, 1.807) is 0 Å². The molecule has 0 aromatic carbocycles. The molecule has 2 nitrogen and oxygen atoms in total. The van der Waals surface area contributed by atoms with Gasteiger partial charge in [0, 0.05) is 18.6 Å². The quantitative estimate of drug-likeness (QED) is 0.724. The van der Waals surface area contributed by atoms with Crippen LogP contribution in [0.3, 0.4) is 0 Å². The van der Waals surface area contributed by atoms with E-state index >= 15 is 0 Å². The molecule has 2 heteroatoms. The minimum Gasteiger partial charge on any atom is -0.327 e. The van der Waals surface area contributed by atoms with Crippen LogP contribution >= 0.6 is 0 Å². The molecule has 1 aliphatic carbocycles. The first-order chi connectivity index (χ1) is 6.24. The lowest BCUT2D eigenvalue weighted by Gasteiger charge is -2.34. The van der Waals surface area contributed by atoms with E-state index in [1.165, 1.54) is 32.1 Å². The monoisotopic (exact) mass is 184 g/mol. The Labute approximate surface area is 82.5 Å². The number of likely N-dealkylation sites (N-methyl/N-ethyl adjacent to an activating group) is 1. The molecule has 2 N–H and O–H groups in total. The Hall–Kier alpha value is -0.0800. The summed E-state index contributed by atoms with van der Waals surface area (Å²) in [6, 6.07) is 1.15. The third kappa shape index (κ3) is 3.65. The van der Waals surface area contributed by atoms with Crippen molar-refractivity contribution in [2.24, 2.45) is 5.73 Å². The maximum absolute atomic E-state index is 5.83. The SMILES string of the molecule is CCN(CC(C)N)C1CCCCC1. The summed E-state index contributed by atoms with van der Waals surface area (Å²) in [6.45, 7) is 6.58. The van der Waals surface area contributed by atoms with Gasteiger partial charge in [-0.3, -0.25) is 4.90 Å². The van der Waals surface area contributed by atoms with Gasteiger partial charge in [-0.15, -0.1) is 0 Å². The summed E-state index contributed by atoms with van der Waals surface area (Å²) in [4.78, 5) is 2.56. The van der Waals surface area contributed by atoms with Gasteiger partial charge >= 0.3 is 0 Å². The fourth-order valence-electron chi connectivity index (χ4n) is 2.35. The van der Waals surface area contributed by atoms with Crippen molar-refractivity contribution >= 4 is 0 Å². The topological polar surface area (TPSA) is 29.3 Å². The first-order valence-corrected chi connectivity index (χ1v) is 5.73.